The molecule has 0 spiro atoms. The number of hydrogen-bond donors (Lipinski definition) is 1. The van der Waals surface area contributed by atoms with Gasteiger partial charge in [-0.25, -0.2) is 0 Å². The lowest BCUT2D eigenvalue weighted by Gasteiger charge is -2.20. The fourth-order valence-corrected chi connectivity index (χ4v) is 3.94. The van der Waals surface area contributed by atoms with E-state index in [-0.39, 0.29) is 5.75 Å². The van der Waals surface area contributed by atoms with Gasteiger partial charge in [-0.1, -0.05) is 0 Å². The molecule has 3 aromatic rings. The Hall–Kier alpha value is -2.95. The normalized spacial score (nSPS) is 12.5. The molecule has 2 aromatic carbocycles. The molecular formula is C21H22NO4+. The number of pyridine rings is 1. The Labute approximate surface area is 152 Å². The first-order valence-corrected chi connectivity index (χ1v) is 8.57. The van der Waals surface area contributed by atoms with E-state index in [2.05, 4.69) is 23.8 Å². The summed E-state index contributed by atoms with van der Waals surface area (Å²) in [5, 5.41) is 12.4. The van der Waals surface area contributed by atoms with Gasteiger partial charge in [-0.15, -0.1) is 0 Å². The Morgan fingerprint density at radius 2 is 1.73 bits per heavy atom. The second kappa shape index (κ2) is 6.09. The van der Waals surface area contributed by atoms with E-state index in [0.717, 1.165) is 52.1 Å². The summed E-state index contributed by atoms with van der Waals surface area (Å²) < 4.78 is 18.6. The molecule has 0 bridgehead atoms. The SMILES string of the molecule is COc1cc2c(cc1O)-c1c(C)c3ccc(OC)c(OC)c3c[n+]1CC2. The van der Waals surface area contributed by atoms with E-state index in [1.807, 2.05) is 12.1 Å². The van der Waals surface area contributed by atoms with Gasteiger partial charge in [0.25, 0.3) is 0 Å². The largest absolute Gasteiger partial charge is 0.504 e. The van der Waals surface area contributed by atoms with E-state index in [1.54, 1.807) is 27.4 Å². The van der Waals surface area contributed by atoms with Crippen LogP contribution in [0.25, 0.3) is 22.0 Å². The predicted octanol–water partition coefficient (Wildman–Crippen LogP) is 3.39. The van der Waals surface area contributed by atoms with Crippen molar-refractivity contribution < 1.29 is 23.9 Å². The van der Waals surface area contributed by atoms with Crippen LogP contribution in [0, 0.1) is 6.92 Å². The van der Waals surface area contributed by atoms with Crippen LogP contribution in [-0.4, -0.2) is 26.4 Å². The molecule has 0 saturated heterocycles. The number of phenolic OH excluding ortho intramolecular Hbond substituents is 1. The molecule has 2 heterocycles. The van der Waals surface area contributed by atoms with Crippen LogP contribution in [0.2, 0.25) is 0 Å². The summed E-state index contributed by atoms with van der Waals surface area (Å²) >= 11 is 0. The number of hydrogen-bond acceptors (Lipinski definition) is 4. The summed E-state index contributed by atoms with van der Waals surface area (Å²) in [7, 11) is 4.89. The Bertz CT molecular complexity index is 1030. The summed E-state index contributed by atoms with van der Waals surface area (Å²) in [5.74, 6) is 2.14. The monoisotopic (exact) mass is 352 g/mol. The highest BCUT2D eigenvalue weighted by molar-refractivity contribution is 5.94. The van der Waals surface area contributed by atoms with Crippen LogP contribution in [0.5, 0.6) is 23.0 Å². The van der Waals surface area contributed by atoms with Crippen LogP contribution < -0.4 is 18.8 Å². The molecule has 26 heavy (non-hydrogen) atoms. The fourth-order valence-electron chi connectivity index (χ4n) is 3.94. The van der Waals surface area contributed by atoms with Crippen molar-refractivity contribution in [2.45, 2.75) is 19.9 Å². The van der Waals surface area contributed by atoms with Crippen LogP contribution in [0.1, 0.15) is 11.1 Å². The second-order valence-corrected chi connectivity index (χ2v) is 6.49. The van der Waals surface area contributed by atoms with Crippen molar-refractivity contribution in [2.24, 2.45) is 0 Å². The molecule has 0 unspecified atom stereocenters. The predicted molar refractivity (Wildman–Crippen MR) is 99.3 cm³/mol. The van der Waals surface area contributed by atoms with Gasteiger partial charge in [0, 0.05) is 17.4 Å². The minimum Gasteiger partial charge on any atom is -0.504 e. The molecule has 134 valence electrons. The smallest absolute Gasteiger partial charge is 0.216 e. The topological polar surface area (TPSA) is 51.8 Å². The third kappa shape index (κ3) is 2.27. The van der Waals surface area contributed by atoms with Gasteiger partial charge in [0.2, 0.25) is 5.69 Å². The van der Waals surface area contributed by atoms with E-state index >= 15 is 0 Å². The number of ether oxygens (including phenoxy) is 3. The highest BCUT2D eigenvalue weighted by Gasteiger charge is 2.29. The summed E-state index contributed by atoms with van der Waals surface area (Å²) in [6, 6.07) is 7.73. The first-order valence-electron chi connectivity index (χ1n) is 8.57. The zero-order chi connectivity index (χ0) is 18.4. The third-order valence-electron chi connectivity index (χ3n) is 5.20. The number of aromatic hydroxyl groups is 1. The molecular weight excluding hydrogens is 330 g/mol. The minimum atomic E-state index is 0.159. The molecule has 5 nitrogen and oxygen atoms in total. The summed E-state index contributed by atoms with van der Waals surface area (Å²) in [6.45, 7) is 2.96. The molecule has 0 atom stereocenters. The zero-order valence-corrected chi connectivity index (χ0v) is 15.4. The molecule has 0 radical (unpaired) electrons. The van der Waals surface area contributed by atoms with E-state index in [0.29, 0.717) is 5.75 Å². The Balaban J connectivity index is 2.03. The Kier molecular flexibility index (Phi) is 3.87. The lowest BCUT2D eigenvalue weighted by molar-refractivity contribution is -0.686. The first-order chi connectivity index (χ1) is 12.6. The van der Waals surface area contributed by atoms with Gasteiger partial charge in [-0.3, -0.25) is 0 Å². The number of phenols is 1. The summed E-state index contributed by atoms with van der Waals surface area (Å²) in [6.07, 6.45) is 2.99. The van der Waals surface area contributed by atoms with Gasteiger partial charge in [0.05, 0.1) is 32.3 Å². The number of aryl methyl sites for hydroxylation is 3. The highest BCUT2D eigenvalue weighted by atomic mass is 16.5. The van der Waals surface area contributed by atoms with Crippen molar-refractivity contribution in [3.05, 3.63) is 41.6 Å². The number of aromatic nitrogens is 1. The average Bonchev–Trinajstić information content (AvgIpc) is 2.66. The quantitative estimate of drug-likeness (QED) is 0.734. The highest BCUT2D eigenvalue weighted by Crippen LogP contribution is 2.41. The molecule has 5 heteroatoms. The Morgan fingerprint density at radius 3 is 2.42 bits per heavy atom. The lowest BCUT2D eigenvalue weighted by atomic mass is 9.91. The van der Waals surface area contributed by atoms with Crippen LogP contribution in [-0.2, 0) is 13.0 Å². The Morgan fingerprint density at radius 1 is 0.962 bits per heavy atom. The standard InChI is InChI=1S/C21H21NO4/c1-12-14-5-6-18(24-2)21(26-4)16(14)11-22-8-7-13-9-19(25-3)17(23)10-15(13)20(12)22/h5-6,9-11H,7-8H2,1-4H3/p+1. The molecule has 1 aromatic heterocycles. The van der Waals surface area contributed by atoms with E-state index < -0.39 is 0 Å². The van der Waals surface area contributed by atoms with E-state index in [4.69, 9.17) is 14.2 Å². The third-order valence-corrected chi connectivity index (χ3v) is 5.20. The van der Waals surface area contributed by atoms with E-state index in [1.165, 1.54) is 5.56 Å². The van der Waals surface area contributed by atoms with Crippen molar-refractivity contribution in [3.8, 4) is 34.3 Å². The fraction of sp³-hybridized carbons (Fsp3) is 0.286. The number of methoxy groups -OCH3 is 3. The minimum absolute atomic E-state index is 0.159. The summed E-state index contributed by atoms with van der Waals surface area (Å²) in [5.41, 5.74) is 4.49. The molecule has 1 aliphatic rings. The molecule has 4 rings (SSSR count). The lowest BCUT2D eigenvalue weighted by Crippen LogP contribution is -2.40. The molecule has 0 saturated carbocycles. The first kappa shape index (κ1) is 16.5. The van der Waals surface area contributed by atoms with Crippen molar-refractivity contribution in [2.75, 3.05) is 21.3 Å². The molecule has 1 N–H and O–H groups in total. The van der Waals surface area contributed by atoms with Crippen molar-refractivity contribution >= 4 is 10.8 Å². The van der Waals surface area contributed by atoms with Crippen molar-refractivity contribution in [1.82, 2.24) is 0 Å². The van der Waals surface area contributed by atoms with Gasteiger partial charge in [-0.2, -0.15) is 4.57 Å². The second-order valence-electron chi connectivity index (χ2n) is 6.49. The molecule has 0 amide bonds. The number of rotatable bonds is 3. The van der Waals surface area contributed by atoms with Gasteiger partial charge in [0.15, 0.2) is 35.7 Å². The molecule has 1 aliphatic heterocycles. The van der Waals surface area contributed by atoms with E-state index in [9.17, 15) is 5.11 Å². The maximum atomic E-state index is 10.3. The van der Waals surface area contributed by atoms with Gasteiger partial charge < -0.3 is 19.3 Å². The average molecular weight is 352 g/mol. The van der Waals surface area contributed by atoms with Crippen LogP contribution in [0.15, 0.2) is 30.5 Å². The molecule has 0 fully saturated rings. The van der Waals surface area contributed by atoms with Crippen LogP contribution in [0.4, 0.5) is 0 Å². The van der Waals surface area contributed by atoms with Crippen molar-refractivity contribution in [1.29, 1.82) is 0 Å². The van der Waals surface area contributed by atoms with Crippen molar-refractivity contribution in [3.63, 3.8) is 0 Å². The van der Waals surface area contributed by atoms with Gasteiger partial charge in [0.1, 0.15) is 0 Å². The van der Waals surface area contributed by atoms with Crippen LogP contribution >= 0.6 is 0 Å². The van der Waals surface area contributed by atoms with Gasteiger partial charge in [-0.05, 0) is 36.8 Å². The zero-order valence-electron chi connectivity index (χ0n) is 15.4. The van der Waals surface area contributed by atoms with Gasteiger partial charge >= 0.3 is 0 Å². The summed E-state index contributed by atoms with van der Waals surface area (Å²) in [4.78, 5) is 0. The maximum absolute atomic E-state index is 10.3. The van der Waals surface area contributed by atoms with Crippen LogP contribution in [0.3, 0.4) is 0 Å². The number of benzene rings is 2. The molecule has 0 aliphatic carbocycles. The number of nitrogens with zero attached hydrogens (tertiary/aromatic N) is 1. The maximum Gasteiger partial charge on any atom is 0.216 e. The number of fused-ring (bicyclic) bond motifs is 4.